The number of aromatic nitrogens is 4. The standard InChI is InChI=1S/C24H22N6O2/c1-2-6-19-18(5-1)28-24(32-19)15-7-9-17(10-8-15)31-20-11-13-26-22-21(20)23(30-29-22)27-16-4-3-12-25-14-16/h1-2,5-11,13,16,25H,3-4,12,14H2,(H2,26,27,29,30)/t16-/m1/s1. The first-order valence-corrected chi connectivity index (χ1v) is 10.8. The van der Waals surface area contributed by atoms with Gasteiger partial charge in [-0.15, -0.1) is 0 Å². The maximum absolute atomic E-state index is 6.22. The summed E-state index contributed by atoms with van der Waals surface area (Å²) in [5, 5.41) is 15.2. The molecule has 1 aliphatic heterocycles. The fourth-order valence-corrected chi connectivity index (χ4v) is 4.07. The Morgan fingerprint density at radius 1 is 1.06 bits per heavy atom. The van der Waals surface area contributed by atoms with E-state index in [9.17, 15) is 0 Å². The van der Waals surface area contributed by atoms with Gasteiger partial charge in [-0.3, -0.25) is 5.10 Å². The van der Waals surface area contributed by atoms with Crippen LogP contribution < -0.4 is 15.4 Å². The molecule has 0 amide bonds. The number of fused-ring (bicyclic) bond motifs is 2. The summed E-state index contributed by atoms with van der Waals surface area (Å²) in [6.07, 6.45) is 3.97. The zero-order chi connectivity index (χ0) is 21.3. The molecule has 1 fully saturated rings. The van der Waals surface area contributed by atoms with Crippen LogP contribution >= 0.6 is 0 Å². The molecule has 3 aromatic heterocycles. The Labute approximate surface area is 184 Å². The van der Waals surface area contributed by atoms with Gasteiger partial charge in [-0.1, -0.05) is 12.1 Å². The predicted molar refractivity (Wildman–Crippen MR) is 123 cm³/mol. The van der Waals surface area contributed by atoms with E-state index in [4.69, 9.17) is 9.15 Å². The average Bonchev–Trinajstić information content (AvgIpc) is 3.45. The van der Waals surface area contributed by atoms with Crippen molar-refractivity contribution < 1.29 is 9.15 Å². The first kappa shape index (κ1) is 18.8. The molecule has 1 saturated heterocycles. The zero-order valence-corrected chi connectivity index (χ0v) is 17.3. The van der Waals surface area contributed by atoms with Crippen molar-refractivity contribution in [3.63, 3.8) is 0 Å². The lowest BCUT2D eigenvalue weighted by molar-refractivity contribution is 0.478. The Morgan fingerprint density at radius 3 is 2.81 bits per heavy atom. The summed E-state index contributed by atoms with van der Waals surface area (Å²) < 4.78 is 12.1. The predicted octanol–water partition coefficient (Wildman–Crippen LogP) is 4.72. The summed E-state index contributed by atoms with van der Waals surface area (Å²) in [4.78, 5) is 8.95. The lowest BCUT2D eigenvalue weighted by atomic mass is 10.1. The summed E-state index contributed by atoms with van der Waals surface area (Å²) in [6.45, 7) is 1.98. The highest BCUT2D eigenvalue weighted by molar-refractivity contribution is 5.93. The molecule has 0 saturated carbocycles. The van der Waals surface area contributed by atoms with E-state index in [0.29, 0.717) is 29.1 Å². The average molecular weight is 426 g/mol. The normalized spacial score (nSPS) is 16.4. The third kappa shape index (κ3) is 3.54. The molecule has 32 heavy (non-hydrogen) atoms. The van der Waals surface area contributed by atoms with Crippen molar-refractivity contribution in [3.05, 3.63) is 60.8 Å². The molecule has 0 bridgehead atoms. The highest BCUT2D eigenvalue weighted by atomic mass is 16.5. The molecule has 0 radical (unpaired) electrons. The number of oxazole rings is 1. The molecule has 0 unspecified atom stereocenters. The second-order valence-corrected chi connectivity index (χ2v) is 7.91. The maximum atomic E-state index is 6.22. The first-order chi connectivity index (χ1) is 15.8. The molecule has 0 spiro atoms. The van der Waals surface area contributed by atoms with Gasteiger partial charge in [0, 0.05) is 30.4 Å². The lowest BCUT2D eigenvalue weighted by Gasteiger charge is -2.23. The van der Waals surface area contributed by atoms with Gasteiger partial charge in [-0.2, -0.15) is 5.10 Å². The van der Waals surface area contributed by atoms with Crippen LogP contribution in [0.15, 0.2) is 65.2 Å². The smallest absolute Gasteiger partial charge is 0.227 e. The Balaban J connectivity index is 1.26. The van der Waals surface area contributed by atoms with E-state index >= 15 is 0 Å². The van der Waals surface area contributed by atoms with E-state index in [0.717, 1.165) is 53.8 Å². The van der Waals surface area contributed by atoms with Crippen molar-refractivity contribution in [1.29, 1.82) is 0 Å². The number of para-hydroxylation sites is 2. The fourth-order valence-electron chi connectivity index (χ4n) is 4.07. The molecule has 3 N–H and O–H groups in total. The van der Waals surface area contributed by atoms with Gasteiger partial charge in [0.25, 0.3) is 0 Å². The van der Waals surface area contributed by atoms with E-state index in [1.165, 1.54) is 0 Å². The van der Waals surface area contributed by atoms with Crippen LogP contribution in [0.25, 0.3) is 33.6 Å². The van der Waals surface area contributed by atoms with Gasteiger partial charge in [-0.25, -0.2) is 9.97 Å². The van der Waals surface area contributed by atoms with Gasteiger partial charge >= 0.3 is 0 Å². The van der Waals surface area contributed by atoms with Crippen molar-refractivity contribution in [3.8, 4) is 23.0 Å². The first-order valence-electron chi connectivity index (χ1n) is 10.8. The van der Waals surface area contributed by atoms with Crippen molar-refractivity contribution in [2.45, 2.75) is 18.9 Å². The Hall–Kier alpha value is -3.91. The maximum Gasteiger partial charge on any atom is 0.227 e. The Kier molecular flexibility index (Phi) is 4.69. The van der Waals surface area contributed by atoms with Crippen LogP contribution in [0.1, 0.15) is 12.8 Å². The van der Waals surface area contributed by atoms with Crippen LogP contribution in [-0.2, 0) is 0 Å². The molecule has 1 aliphatic rings. The summed E-state index contributed by atoms with van der Waals surface area (Å²) in [6, 6.07) is 17.6. The lowest BCUT2D eigenvalue weighted by Crippen LogP contribution is -2.38. The van der Waals surface area contributed by atoms with Gasteiger partial charge < -0.3 is 19.8 Å². The van der Waals surface area contributed by atoms with E-state index in [2.05, 4.69) is 30.8 Å². The highest BCUT2D eigenvalue weighted by Crippen LogP contribution is 2.34. The van der Waals surface area contributed by atoms with E-state index in [1.54, 1.807) is 6.20 Å². The molecular weight excluding hydrogens is 404 g/mol. The van der Waals surface area contributed by atoms with Crippen LogP contribution in [0.4, 0.5) is 5.82 Å². The highest BCUT2D eigenvalue weighted by Gasteiger charge is 2.18. The summed E-state index contributed by atoms with van der Waals surface area (Å²) in [7, 11) is 0. The number of piperidine rings is 1. The molecule has 8 heteroatoms. The topological polar surface area (TPSA) is 101 Å². The minimum Gasteiger partial charge on any atom is -0.456 e. The second kappa shape index (κ2) is 7.97. The van der Waals surface area contributed by atoms with Crippen molar-refractivity contribution in [1.82, 2.24) is 25.5 Å². The SMILES string of the molecule is c1ccc2oc(-c3ccc(Oc4ccnc5[nH]nc(N[C@@H]6CCCNC6)c45)cc3)nc2c1. The monoisotopic (exact) mass is 426 g/mol. The summed E-state index contributed by atoms with van der Waals surface area (Å²) >= 11 is 0. The molecule has 4 heterocycles. The van der Waals surface area contributed by atoms with Gasteiger partial charge in [0.1, 0.15) is 22.4 Å². The second-order valence-electron chi connectivity index (χ2n) is 7.91. The number of anilines is 1. The minimum absolute atomic E-state index is 0.332. The van der Waals surface area contributed by atoms with Crippen LogP contribution in [0.3, 0.4) is 0 Å². The number of pyridine rings is 1. The third-order valence-corrected chi connectivity index (χ3v) is 5.68. The van der Waals surface area contributed by atoms with Crippen LogP contribution in [0, 0.1) is 0 Å². The molecule has 160 valence electrons. The molecular formula is C24H22N6O2. The van der Waals surface area contributed by atoms with Crippen molar-refractivity contribution in [2.24, 2.45) is 0 Å². The third-order valence-electron chi connectivity index (χ3n) is 5.68. The Bertz CT molecular complexity index is 1340. The molecule has 5 aromatic rings. The number of ether oxygens (including phenoxy) is 1. The van der Waals surface area contributed by atoms with Crippen molar-refractivity contribution >= 4 is 28.0 Å². The van der Waals surface area contributed by atoms with Gasteiger partial charge in [0.2, 0.25) is 5.89 Å². The van der Waals surface area contributed by atoms with Crippen LogP contribution in [0.5, 0.6) is 11.5 Å². The largest absolute Gasteiger partial charge is 0.456 e. The molecule has 0 aliphatic carbocycles. The van der Waals surface area contributed by atoms with Gasteiger partial charge in [0.15, 0.2) is 17.0 Å². The summed E-state index contributed by atoms with van der Waals surface area (Å²) in [5.41, 5.74) is 3.20. The number of nitrogens with zero attached hydrogens (tertiary/aromatic N) is 3. The zero-order valence-electron chi connectivity index (χ0n) is 17.3. The number of hydrogen-bond acceptors (Lipinski definition) is 7. The van der Waals surface area contributed by atoms with E-state index in [1.807, 2.05) is 54.6 Å². The Morgan fingerprint density at radius 2 is 1.97 bits per heavy atom. The summed E-state index contributed by atoms with van der Waals surface area (Å²) in [5.74, 6) is 2.76. The number of benzene rings is 2. The van der Waals surface area contributed by atoms with Crippen LogP contribution in [0.2, 0.25) is 0 Å². The number of rotatable bonds is 5. The molecule has 1 atom stereocenters. The van der Waals surface area contributed by atoms with E-state index in [-0.39, 0.29) is 0 Å². The number of nitrogens with one attached hydrogen (secondary N) is 3. The molecule has 2 aromatic carbocycles. The molecule has 8 nitrogen and oxygen atoms in total. The fraction of sp³-hybridized carbons (Fsp3) is 0.208. The van der Waals surface area contributed by atoms with Crippen LogP contribution in [-0.4, -0.2) is 39.3 Å². The number of H-pyrrole nitrogens is 1. The number of hydrogen-bond donors (Lipinski definition) is 3. The number of aromatic amines is 1. The van der Waals surface area contributed by atoms with Gasteiger partial charge in [-0.05, 0) is 55.8 Å². The minimum atomic E-state index is 0.332. The van der Waals surface area contributed by atoms with Gasteiger partial charge in [0.05, 0.1) is 0 Å². The van der Waals surface area contributed by atoms with Crippen molar-refractivity contribution in [2.75, 3.05) is 18.4 Å². The van der Waals surface area contributed by atoms with E-state index < -0.39 is 0 Å². The quantitative estimate of drug-likeness (QED) is 0.374. The molecule has 6 rings (SSSR count).